The van der Waals surface area contributed by atoms with Crippen LogP contribution in [0.25, 0.3) is 0 Å². The summed E-state index contributed by atoms with van der Waals surface area (Å²) in [6.45, 7) is 5.50. The third-order valence-corrected chi connectivity index (χ3v) is 3.33. The highest BCUT2D eigenvalue weighted by Crippen LogP contribution is 2.20. The fourth-order valence-electron chi connectivity index (χ4n) is 1.66. The zero-order valence-corrected chi connectivity index (χ0v) is 12.2. The van der Waals surface area contributed by atoms with Crippen LogP contribution >= 0.6 is 23.8 Å². The first-order chi connectivity index (χ1) is 8.40. The predicted molar refractivity (Wildman–Crippen MR) is 78.4 cm³/mol. The van der Waals surface area contributed by atoms with Crippen LogP contribution in [0.15, 0.2) is 18.2 Å². The second kappa shape index (κ2) is 7.02. The van der Waals surface area contributed by atoms with Gasteiger partial charge in [-0.1, -0.05) is 23.8 Å². The molecule has 0 saturated carbocycles. The Bertz CT molecular complexity index is 423. The molecule has 0 heterocycles. The summed E-state index contributed by atoms with van der Waals surface area (Å²) in [7, 11) is 0. The van der Waals surface area contributed by atoms with Crippen LogP contribution in [0.2, 0.25) is 5.02 Å². The summed E-state index contributed by atoms with van der Waals surface area (Å²) in [4.78, 5) is 2.66. The zero-order valence-electron chi connectivity index (χ0n) is 10.6. The second-order valence-electron chi connectivity index (χ2n) is 4.52. The third-order valence-electron chi connectivity index (χ3n) is 2.76. The summed E-state index contributed by atoms with van der Waals surface area (Å²) in [5.41, 5.74) is 6.29. The molecule has 5 heteroatoms. The largest absolute Gasteiger partial charge is 0.393 e. The van der Waals surface area contributed by atoms with Crippen LogP contribution in [-0.2, 0) is 6.54 Å². The Morgan fingerprint density at radius 3 is 2.72 bits per heavy atom. The molecule has 0 unspecified atom stereocenters. The van der Waals surface area contributed by atoms with Gasteiger partial charge in [0.05, 0.1) is 4.99 Å². The fourth-order valence-corrected chi connectivity index (χ4v) is 1.93. The molecule has 0 amide bonds. The summed E-state index contributed by atoms with van der Waals surface area (Å²) in [6, 6.07) is 4.73. The molecule has 1 rings (SSSR count). The number of hydrogen-bond donors (Lipinski definition) is 1. The van der Waals surface area contributed by atoms with Crippen LogP contribution < -0.4 is 5.73 Å². The maximum absolute atomic E-state index is 13.2. The van der Waals surface area contributed by atoms with Gasteiger partial charge in [-0.05, 0) is 37.6 Å². The van der Waals surface area contributed by atoms with Crippen LogP contribution in [0, 0.1) is 5.82 Å². The Balaban J connectivity index is 2.76. The number of nitrogens with zero attached hydrogens (tertiary/aromatic N) is 1. The Labute approximate surface area is 118 Å². The molecular weight excluding hydrogens is 271 g/mol. The Morgan fingerprint density at radius 1 is 1.50 bits per heavy atom. The maximum Gasteiger partial charge on any atom is 0.123 e. The number of benzene rings is 1. The zero-order chi connectivity index (χ0) is 13.7. The average molecular weight is 289 g/mol. The van der Waals surface area contributed by atoms with Crippen LogP contribution in [0.1, 0.15) is 25.8 Å². The van der Waals surface area contributed by atoms with Crippen molar-refractivity contribution >= 4 is 28.8 Å². The van der Waals surface area contributed by atoms with E-state index in [-0.39, 0.29) is 5.82 Å². The van der Waals surface area contributed by atoms with Gasteiger partial charge in [-0.2, -0.15) is 0 Å². The van der Waals surface area contributed by atoms with Crippen molar-refractivity contribution in [3.05, 3.63) is 34.6 Å². The van der Waals surface area contributed by atoms with E-state index in [0.717, 1.165) is 12.1 Å². The Kier molecular flexibility index (Phi) is 5.99. The minimum Gasteiger partial charge on any atom is -0.393 e. The number of halogens is 2. The van der Waals surface area contributed by atoms with Crippen LogP contribution in [0.4, 0.5) is 4.39 Å². The van der Waals surface area contributed by atoms with Crippen molar-refractivity contribution in [1.82, 2.24) is 4.90 Å². The van der Waals surface area contributed by atoms with Crippen molar-refractivity contribution in [2.24, 2.45) is 5.73 Å². The van der Waals surface area contributed by atoms with Gasteiger partial charge in [-0.25, -0.2) is 4.39 Å². The van der Waals surface area contributed by atoms with Gasteiger partial charge in [-0.3, -0.25) is 4.90 Å². The topological polar surface area (TPSA) is 29.3 Å². The summed E-state index contributed by atoms with van der Waals surface area (Å²) >= 11 is 10.9. The molecule has 1 aromatic rings. The molecule has 2 nitrogen and oxygen atoms in total. The first-order valence-electron chi connectivity index (χ1n) is 5.86. The quantitative estimate of drug-likeness (QED) is 0.814. The molecule has 0 spiro atoms. The lowest BCUT2D eigenvalue weighted by Crippen LogP contribution is -2.33. The van der Waals surface area contributed by atoms with Crippen molar-refractivity contribution < 1.29 is 4.39 Å². The average Bonchev–Trinajstić information content (AvgIpc) is 2.28. The number of nitrogens with two attached hydrogens (primary N) is 1. The molecule has 0 aliphatic rings. The lowest BCUT2D eigenvalue weighted by molar-refractivity contribution is 0.219. The molecule has 0 atom stereocenters. The second-order valence-corrected chi connectivity index (χ2v) is 5.45. The molecule has 0 saturated heterocycles. The maximum atomic E-state index is 13.2. The first kappa shape index (κ1) is 15.3. The van der Waals surface area contributed by atoms with Gasteiger partial charge < -0.3 is 5.73 Å². The molecule has 0 aliphatic heterocycles. The van der Waals surface area contributed by atoms with Crippen molar-refractivity contribution in [3.8, 4) is 0 Å². The van der Waals surface area contributed by atoms with Gasteiger partial charge in [-0.15, -0.1) is 0 Å². The fraction of sp³-hybridized carbons (Fsp3) is 0.462. The number of thiocarbonyl (C=S) groups is 1. The lowest BCUT2D eigenvalue weighted by Gasteiger charge is -2.26. The van der Waals surface area contributed by atoms with E-state index >= 15 is 0 Å². The van der Waals surface area contributed by atoms with E-state index in [0.29, 0.717) is 29.0 Å². The van der Waals surface area contributed by atoms with Gasteiger partial charge >= 0.3 is 0 Å². The van der Waals surface area contributed by atoms with E-state index in [1.807, 2.05) is 0 Å². The number of rotatable bonds is 6. The Morgan fingerprint density at radius 2 is 2.17 bits per heavy atom. The molecule has 0 aromatic heterocycles. The number of hydrogen-bond acceptors (Lipinski definition) is 2. The van der Waals surface area contributed by atoms with Crippen LogP contribution in [0.5, 0.6) is 0 Å². The highest BCUT2D eigenvalue weighted by atomic mass is 35.5. The smallest absolute Gasteiger partial charge is 0.123 e. The molecule has 0 fully saturated rings. The SMILES string of the molecule is CC(C)N(CCC(N)=S)Cc1cc(F)ccc1Cl. The van der Waals surface area contributed by atoms with Gasteiger partial charge in [0.2, 0.25) is 0 Å². The van der Waals surface area contributed by atoms with Crippen LogP contribution in [-0.4, -0.2) is 22.5 Å². The highest BCUT2D eigenvalue weighted by Gasteiger charge is 2.12. The van der Waals surface area contributed by atoms with E-state index in [9.17, 15) is 4.39 Å². The highest BCUT2D eigenvalue weighted by molar-refractivity contribution is 7.80. The first-order valence-corrected chi connectivity index (χ1v) is 6.65. The molecule has 0 radical (unpaired) electrons. The van der Waals surface area contributed by atoms with E-state index in [1.165, 1.54) is 12.1 Å². The lowest BCUT2D eigenvalue weighted by atomic mass is 10.1. The predicted octanol–water partition coefficient (Wildman–Crippen LogP) is 3.37. The van der Waals surface area contributed by atoms with Crippen molar-refractivity contribution in [2.75, 3.05) is 6.54 Å². The summed E-state index contributed by atoms with van der Waals surface area (Å²) in [6.07, 6.45) is 0.653. The van der Waals surface area contributed by atoms with E-state index < -0.39 is 0 Å². The van der Waals surface area contributed by atoms with E-state index in [2.05, 4.69) is 18.7 Å². The summed E-state index contributed by atoms with van der Waals surface area (Å²) in [5, 5.41) is 0.581. The Hall–Kier alpha value is -0.710. The normalized spacial score (nSPS) is 11.2. The van der Waals surface area contributed by atoms with Crippen LogP contribution in [0.3, 0.4) is 0 Å². The molecule has 100 valence electrons. The monoisotopic (exact) mass is 288 g/mol. The molecule has 0 aliphatic carbocycles. The van der Waals surface area contributed by atoms with Gasteiger partial charge in [0.25, 0.3) is 0 Å². The van der Waals surface area contributed by atoms with Gasteiger partial charge in [0.15, 0.2) is 0 Å². The third kappa shape index (κ3) is 4.88. The van der Waals surface area contributed by atoms with Crippen molar-refractivity contribution in [1.29, 1.82) is 0 Å². The van der Waals surface area contributed by atoms with Gasteiger partial charge in [0, 0.05) is 30.6 Å². The molecular formula is C13H18ClFN2S. The van der Waals surface area contributed by atoms with Crippen molar-refractivity contribution in [3.63, 3.8) is 0 Å². The van der Waals surface area contributed by atoms with E-state index in [4.69, 9.17) is 29.6 Å². The molecule has 0 bridgehead atoms. The minimum absolute atomic E-state index is 0.271. The molecule has 1 aromatic carbocycles. The molecule has 2 N–H and O–H groups in total. The summed E-state index contributed by atoms with van der Waals surface area (Å²) in [5.74, 6) is -0.271. The molecule has 18 heavy (non-hydrogen) atoms. The van der Waals surface area contributed by atoms with Gasteiger partial charge in [0.1, 0.15) is 5.82 Å². The standard InChI is InChI=1S/C13H18ClFN2S/c1-9(2)17(6-5-13(16)18)8-10-7-11(15)3-4-12(10)14/h3-4,7,9H,5-6,8H2,1-2H3,(H2,16,18). The van der Waals surface area contributed by atoms with E-state index in [1.54, 1.807) is 6.07 Å². The minimum atomic E-state index is -0.271. The summed E-state index contributed by atoms with van der Waals surface area (Å²) < 4.78 is 13.2. The van der Waals surface area contributed by atoms with Crippen molar-refractivity contribution in [2.45, 2.75) is 32.9 Å².